The molecule has 1 aromatic rings. The van der Waals surface area contributed by atoms with Crippen LogP contribution in [0.5, 0.6) is 0 Å². The van der Waals surface area contributed by atoms with E-state index in [-0.39, 0.29) is 12.1 Å². The second-order valence-corrected chi connectivity index (χ2v) is 6.53. The summed E-state index contributed by atoms with van der Waals surface area (Å²) >= 11 is 6.13. The van der Waals surface area contributed by atoms with Crippen LogP contribution in [0, 0.1) is 11.8 Å². The zero-order valence-electron chi connectivity index (χ0n) is 12.1. The maximum absolute atomic E-state index is 6.24. The van der Waals surface area contributed by atoms with Crippen LogP contribution in [0.2, 0.25) is 5.02 Å². The van der Waals surface area contributed by atoms with E-state index < -0.39 is 0 Å². The summed E-state index contributed by atoms with van der Waals surface area (Å²) in [7, 11) is 0. The third-order valence-corrected chi connectivity index (χ3v) is 4.68. The van der Waals surface area contributed by atoms with Crippen LogP contribution in [0.3, 0.4) is 0 Å². The minimum Gasteiger partial charge on any atom is -0.326 e. The molecular formula is C16H25ClN2. The van der Waals surface area contributed by atoms with Gasteiger partial charge in [0, 0.05) is 23.7 Å². The van der Waals surface area contributed by atoms with E-state index in [2.05, 4.69) is 37.8 Å². The lowest BCUT2D eigenvalue weighted by atomic mass is 9.86. The number of nitrogens with zero attached hydrogens (tertiary/aromatic N) is 1. The van der Waals surface area contributed by atoms with Crippen molar-refractivity contribution in [1.29, 1.82) is 0 Å². The largest absolute Gasteiger partial charge is 0.326 e. The van der Waals surface area contributed by atoms with Crippen molar-refractivity contribution >= 4 is 11.6 Å². The monoisotopic (exact) mass is 280 g/mol. The molecule has 0 amide bonds. The first-order valence-corrected chi connectivity index (χ1v) is 7.62. The molecule has 2 N–H and O–H groups in total. The van der Waals surface area contributed by atoms with Gasteiger partial charge in [0.25, 0.3) is 0 Å². The fourth-order valence-electron chi connectivity index (χ4n) is 3.09. The Kier molecular flexibility index (Phi) is 4.88. The summed E-state index contributed by atoms with van der Waals surface area (Å²) in [6, 6.07) is 8.52. The molecule has 0 aromatic heterocycles. The van der Waals surface area contributed by atoms with E-state index in [4.69, 9.17) is 17.3 Å². The summed E-state index contributed by atoms with van der Waals surface area (Å²) in [4.78, 5) is 2.53. The van der Waals surface area contributed by atoms with Crippen LogP contribution in [0.4, 0.5) is 0 Å². The first-order valence-electron chi connectivity index (χ1n) is 7.24. The molecule has 4 unspecified atom stereocenters. The van der Waals surface area contributed by atoms with Crippen molar-refractivity contribution in [2.24, 2.45) is 17.6 Å². The predicted octanol–water partition coefficient (Wildman–Crippen LogP) is 3.71. The van der Waals surface area contributed by atoms with Crippen molar-refractivity contribution in [3.8, 4) is 0 Å². The van der Waals surface area contributed by atoms with Crippen molar-refractivity contribution in [1.82, 2.24) is 4.90 Å². The van der Waals surface area contributed by atoms with Gasteiger partial charge in [-0.3, -0.25) is 4.90 Å². The Morgan fingerprint density at radius 1 is 1.32 bits per heavy atom. The lowest BCUT2D eigenvalue weighted by Gasteiger charge is -2.42. The third kappa shape index (κ3) is 3.50. The number of halogens is 1. The average molecular weight is 281 g/mol. The van der Waals surface area contributed by atoms with Crippen molar-refractivity contribution in [3.05, 3.63) is 34.9 Å². The lowest BCUT2D eigenvalue weighted by molar-refractivity contribution is 0.0851. The second-order valence-electron chi connectivity index (χ2n) is 6.10. The van der Waals surface area contributed by atoms with Crippen molar-refractivity contribution in [3.63, 3.8) is 0 Å². The van der Waals surface area contributed by atoms with Crippen LogP contribution in [-0.4, -0.2) is 24.0 Å². The molecule has 0 saturated carbocycles. The Morgan fingerprint density at radius 2 is 2.05 bits per heavy atom. The molecule has 0 aliphatic carbocycles. The van der Waals surface area contributed by atoms with Gasteiger partial charge in [0.2, 0.25) is 0 Å². The van der Waals surface area contributed by atoms with Gasteiger partial charge >= 0.3 is 0 Å². The summed E-state index contributed by atoms with van der Waals surface area (Å²) < 4.78 is 0. The zero-order chi connectivity index (χ0) is 14.0. The lowest BCUT2D eigenvalue weighted by Crippen LogP contribution is -2.46. The van der Waals surface area contributed by atoms with Gasteiger partial charge in [-0.25, -0.2) is 0 Å². The molecule has 1 aromatic carbocycles. The Labute approximate surface area is 121 Å². The number of nitrogens with two attached hydrogens (primary N) is 1. The molecule has 3 heteroatoms. The summed E-state index contributed by atoms with van der Waals surface area (Å²) in [6.45, 7) is 9.04. The number of benzene rings is 1. The zero-order valence-corrected chi connectivity index (χ0v) is 12.9. The van der Waals surface area contributed by atoms with Gasteiger partial charge in [0.15, 0.2) is 0 Å². The molecule has 4 atom stereocenters. The highest BCUT2D eigenvalue weighted by Gasteiger charge is 2.30. The molecule has 1 aliphatic heterocycles. The van der Waals surface area contributed by atoms with Crippen LogP contribution >= 0.6 is 11.6 Å². The molecule has 0 spiro atoms. The number of rotatable bonds is 3. The SMILES string of the molecule is CC(N)C(c1cccc(Cl)c1)N1CCC(C)C(C)C1. The van der Waals surface area contributed by atoms with Crippen LogP contribution in [0.25, 0.3) is 0 Å². The molecule has 1 fully saturated rings. The molecular weight excluding hydrogens is 256 g/mol. The molecule has 19 heavy (non-hydrogen) atoms. The Balaban J connectivity index is 2.21. The third-order valence-electron chi connectivity index (χ3n) is 4.45. The van der Waals surface area contributed by atoms with Gasteiger partial charge in [-0.1, -0.05) is 37.6 Å². The highest BCUT2D eigenvalue weighted by molar-refractivity contribution is 6.30. The van der Waals surface area contributed by atoms with Gasteiger partial charge in [0.1, 0.15) is 0 Å². The average Bonchev–Trinajstić information content (AvgIpc) is 2.33. The highest BCUT2D eigenvalue weighted by Crippen LogP contribution is 2.32. The van der Waals surface area contributed by atoms with Crippen molar-refractivity contribution < 1.29 is 0 Å². The van der Waals surface area contributed by atoms with E-state index in [1.165, 1.54) is 12.0 Å². The highest BCUT2D eigenvalue weighted by atomic mass is 35.5. The van der Waals surface area contributed by atoms with Crippen LogP contribution < -0.4 is 5.73 Å². The topological polar surface area (TPSA) is 29.3 Å². The summed E-state index contributed by atoms with van der Waals surface area (Å²) in [6.07, 6.45) is 1.25. The maximum atomic E-state index is 6.24. The number of likely N-dealkylation sites (tertiary alicyclic amines) is 1. The maximum Gasteiger partial charge on any atom is 0.0497 e. The molecule has 106 valence electrons. The minimum absolute atomic E-state index is 0.110. The van der Waals surface area contributed by atoms with E-state index >= 15 is 0 Å². The number of hydrogen-bond donors (Lipinski definition) is 1. The second kappa shape index (κ2) is 6.25. The molecule has 2 nitrogen and oxygen atoms in total. The first-order chi connectivity index (χ1) is 8.99. The van der Waals surface area contributed by atoms with E-state index in [1.807, 2.05) is 12.1 Å². The molecule has 0 bridgehead atoms. The molecule has 1 saturated heterocycles. The van der Waals surface area contributed by atoms with Gasteiger partial charge in [-0.15, -0.1) is 0 Å². The van der Waals surface area contributed by atoms with E-state index in [0.717, 1.165) is 29.9 Å². The van der Waals surface area contributed by atoms with E-state index in [9.17, 15) is 0 Å². The quantitative estimate of drug-likeness (QED) is 0.915. The summed E-state index contributed by atoms with van der Waals surface area (Å²) in [5.74, 6) is 1.54. The van der Waals surface area contributed by atoms with E-state index in [0.29, 0.717) is 0 Å². The predicted molar refractivity (Wildman–Crippen MR) is 82.4 cm³/mol. The van der Waals surface area contributed by atoms with Gasteiger partial charge < -0.3 is 5.73 Å². The molecule has 0 radical (unpaired) electrons. The van der Waals surface area contributed by atoms with Crippen molar-refractivity contribution in [2.45, 2.75) is 39.3 Å². The Bertz CT molecular complexity index is 419. The van der Waals surface area contributed by atoms with Gasteiger partial charge in [0.05, 0.1) is 0 Å². The normalized spacial score (nSPS) is 28.1. The fraction of sp³-hybridized carbons (Fsp3) is 0.625. The van der Waals surface area contributed by atoms with Crippen LogP contribution in [0.1, 0.15) is 38.8 Å². The molecule has 2 rings (SSSR count). The minimum atomic E-state index is 0.110. The molecule has 1 heterocycles. The molecule has 1 aliphatic rings. The summed E-state index contributed by atoms with van der Waals surface area (Å²) in [5, 5.41) is 0.793. The Hall–Kier alpha value is -0.570. The van der Waals surface area contributed by atoms with E-state index in [1.54, 1.807) is 0 Å². The first kappa shape index (κ1) is 14.8. The van der Waals surface area contributed by atoms with Gasteiger partial charge in [-0.05, 0) is 49.4 Å². The number of hydrogen-bond acceptors (Lipinski definition) is 2. The van der Waals surface area contributed by atoms with Crippen molar-refractivity contribution in [2.75, 3.05) is 13.1 Å². The fourth-order valence-corrected chi connectivity index (χ4v) is 3.28. The number of piperidine rings is 1. The smallest absolute Gasteiger partial charge is 0.0497 e. The van der Waals surface area contributed by atoms with Gasteiger partial charge in [-0.2, -0.15) is 0 Å². The standard InChI is InChI=1S/C16H25ClN2/c1-11-7-8-19(10-12(11)2)16(13(3)18)14-5-4-6-15(17)9-14/h4-6,9,11-13,16H,7-8,10,18H2,1-3H3. The van der Waals surface area contributed by atoms with Crippen LogP contribution in [-0.2, 0) is 0 Å². The Morgan fingerprint density at radius 3 is 2.63 bits per heavy atom. The summed E-state index contributed by atoms with van der Waals surface area (Å²) in [5.41, 5.74) is 7.48. The van der Waals surface area contributed by atoms with Crippen LogP contribution in [0.15, 0.2) is 24.3 Å².